The Morgan fingerprint density at radius 1 is 1.43 bits per heavy atom. The van der Waals surface area contributed by atoms with E-state index >= 15 is 0 Å². The van der Waals surface area contributed by atoms with E-state index in [9.17, 15) is 14.9 Å². The van der Waals surface area contributed by atoms with Crippen LogP contribution in [0.4, 0.5) is 11.5 Å². The molecule has 0 bridgehead atoms. The average molecular weight is 291 g/mol. The molecule has 1 atom stereocenters. The quantitative estimate of drug-likeness (QED) is 0.628. The number of carbonyl (C=O) groups excluding carboxylic acids is 1. The normalized spacial score (nSPS) is 22.1. The van der Waals surface area contributed by atoms with Crippen molar-refractivity contribution in [2.45, 2.75) is 18.9 Å². The van der Waals surface area contributed by atoms with Gasteiger partial charge in [-0.05, 0) is 25.5 Å². The standard InChI is InChI=1S/C13H17N5O3/c14-12-6-10(11(7-15-12)18(20)21)13(19)17-5-4-16-3-1-2-9(16)8-17/h6-7,9H,1-5,8H2,(H2,14,15). The number of carbonyl (C=O) groups is 1. The summed E-state index contributed by atoms with van der Waals surface area (Å²) in [6.45, 7) is 3.12. The number of nitrogens with zero attached hydrogens (tertiary/aromatic N) is 4. The fourth-order valence-corrected chi connectivity index (χ4v) is 3.13. The number of nitrogen functional groups attached to an aromatic ring is 1. The number of pyridine rings is 1. The maximum Gasteiger partial charge on any atom is 0.300 e. The first-order chi connectivity index (χ1) is 10.1. The number of fused-ring (bicyclic) bond motifs is 1. The van der Waals surface area contributed by atoms with Crippen LogP contribution in [-0.4, -0.2) is 57.8 Å². The third kappa shape index (κ3) is 2.54. The van der Waals surface area contributed by atoms with E-state index in [0.717, 1.165) is 32.1 Å². The van der Waals surface area contributed by atoms with Crippen LogP contribution in [0.25, 0.3) is 0 Å². The highest BCUT2D eigenvalue weighted by molar-refractivity contribution is 5.98. The molecule has 2 aliphatic rings. The SMILES string of the molecule is Nc1cc(C(=O)N2CCN3CCCC3C2)c([N+](=O)[O-])cn1. The van der Waals surface area contributed by atoms with Crippen LogP contribution in [0.1, 0.15) is 23.2 Å². The second-order valence-corrected chi connectivity index (χ2v) is 5.47. The first-order valence-corrected chi connectivity index (χ1v) is 6.99. The predicted octanol–water partition coefficient (Wildman–Crippen LogP) is 0.492. The number of rotatable bonds is 2. The zero-order valence-electron chi connectivity index (χ0n) is 11.6. The molecule has 2 N–H and O–H groups in total. The Hall–Kier alpha value is -2.22. The highest BCUT2D eigenvalue weighted by Gasteiger charge is 2.34. The average Bonchev–Trinajstić information content (AvgIpc) is 2.93. The van der Waals surface area contributed by atoms with E-state index in [4.69, 9.17) is 5.73 Å². The molecule has 0 spiro atoms. The van der Waals surface area contributed by atoms with Gasteiger partial charge in [0.2, 0.25) is 0 Å². The van der Waals surface area contributed by atoms with E-state index in [1.807, 2.05) is 0 Å². The summed E-state index contributed by atoms with van der Waals surface area (Å²) in [5, 5.41) is 11.0. The minimum Gasteiger partial charge on any atom is -0.384 e. The number of aromatic nitrogens is 1. The Labute approximate surface area is 121 Å². The zero-order valence-corrected chi connectivity index (χ0v) is 11.6. The minimum absolute atomic E-state index is 0.0268. The van der Waals surface area contributed by atoms with Gasteiger partial charge in [0, 0.05) is 25.7 Å². The molecule has 0 aromatic carbocycles. The lowest BCUT2D eigenvalue weighted by Gasteiger charge is -2.37. The second kappa shape index (κ2) is 5.28. The maximum atomic E-state index is 12.6. The van der Waals surface area contributed by atoms with E-state index < -0.39 is 4.92 Å². The molecule has 1 aromatic rings. The summed E-state index contributed by atoms with van der Waals surface area (Å²) in [7, 11) is 0. The van der Waals surface area contributed by atoms with Crippen molar-refractivity contribution < 1.29 is 9.72 Å². The van der Waals surface area contributed by atoms with Gasteiger partial charge in [-0.3, -0.25) is 19.8 Å². The molecule has 2 fully saturated rings. The highest BCUT2D eigenvalue weighted by atomic mass is 16.6. The Kier molecular flexibility index (Phi) is 3.46. The number of anilines is 1. The van der Waals surface area contributed by atoms with Crippen molar-refractivity contribution in [3.05, 3.63) is 27.9 Å². The number of nitrogens with two attached hydrogens (primary N) is 1. The number of hydrogen-bond donors (Lipinski definition) is 1. The summed E-state index contributed by atoms with van der Waals surface area (Å²) >= 11 is 0. The lowest BCUT2D eigenvalue weighted by Crippen LogP contribution is -2.52. The van der Waals surface area contributed by atoms with E-state index in [0.29, 0.717) is 19.1 Å². The third-order valence-electron chi connectivity index (χ3n) is 4.21. The van der Waals surface area contributed by atoms with Gasteiger partial charge in [0.05, 0.1) is 4.92 Å². The number of piperazine rings is 1. The lowest BCUT2D eigenvalue weighted by molar-refractivity contribution is -0.385. The van der Waals surface area contributed by atoms with Gasteiger partial charge >= 0.3 is 0 Å². The van der Waals surface area contributed by atoms with Crippen molar-refractivity contribution in [3.8, 4) is 0 Å². The van der Waals surface area contributed by atoms with E-state index in [1.165, 1.54) is 6.07 Å². The Balaban J connectivity index is 1.85. The molecule has 1 unspecified atom stereocenters. The van der Waals surface area contributed by atoms with Crippen molar-refractivity contribution in [1.29, 1.82) is 0 Å². The molecule has 1 amide bonds. The monoisotopic (exact) mass is 291 g/mol. The van der Waals surface area contributed by atoms with Crippen LogP contribution in [0, 0.1) is 10.1 Å². The van der Waals surface area contributed by atoms with Crippen LogP contribution < -0.4 is 5.73 Å². The fraction of sp³-hybridized carbons (Fsp3) is 0.538. The molecule has 21 heavy (non-hydrogen) atoms. The Morgan fingerprint density at radius 3 is 3.00 bits per heavy atom. The third-order valence-corrected chi connectivity index (χ3v) is 4.21. The van der Waals surface area contributed by atoms with Gasteiger partial charge in [0.25, 0.3) is 11.6 Å². The van der Waals surface area contributed by atoms with Crippen molar-refractivity contribution >= 4 is 17.4 Å². The summed E-state index contributed by atoms with van der Waals surface area (Å²) in [4.78, 5) is 30.8. The molecule has 0 radical (unpaired) electrons. The summed E-state index contributed by atoms with van der Waals surface area (Å²) < 4.78 is 0. The summed E-state index contributed by atoms with van der Waals surface area (Å²) in [6, 6.07) is 1.67. The number of hydrogen-bond acceptors (Lipinski definition) is 6. The van der Waals surface area contributed by atoms with E-state index in [-0.39, 0.29) is 23.0 Å². The zero-order chi connectivity index (χ0) is 15.0. The first kappa shape index (κ1) is 13.7. The van der Waals surface area contributed by atoms with Crippen LogP contribution in [-0.2, 0) is 0 Å². The molecule has 8 nitrogen and oxygen atoms in total. The molecule has 3 heterocycles. The molecule has 8 heteroatoms. The van der Waals surface area contributed by atoms with Gasteiger partial charge in [0.15, 0.2) is 0 Å². The highest BCUT2D eigenvalue weighted by Crippen LogP contribution is 2.25. The molecule has 112 valence electrons. The van der Waals surface area contributed by atoms with Gasteiger partial charge in [-0.25, -0.2) is 4.98 Å². The van der Waals surface area contributed by atoms with Gasteiger partial charge in [0.1, 0.15) is 17.6 Å². The molecular weight excluding hydrogens is 274 g/mol. The van der Waals surface area contributed by atoms with Crippen LogP contribution in [0.15, 0.2) is 12.3 Å². The molecular formula is C13H17N5O3. The molecule has 0 saturated carbocycles. The molecule has 0 aliphatic carbocycles. The van der Waals surface area contributed by atoms with Crippen molar-refractivity contribution in [2.75, 3.05) is 31.9 Å². The largest absolute Gasteiger partial charge is 0.384 e. The van der Waals surface area contributed by atoms with Crippen molar-refractivity contribution in [1.82, 2.24) is 14.8 Å². The fourth-order valence-electron chi connectivity index (χ4n) is 3.13. The summed E-state index contributed by atoms with van der Waals surface area (Å²) in [6.07, 6.45) is 3.27. The molecule has 2 saturated heterocycles. The maximum absolute atomic E-state index is 12.6. The predicted molar refractivity (Wildman–Crippen MR) is 75.8 cm³/mol. The summed E-state index contributed by atoms with van der Waals surface area (Å²) in [5.41, 5.74) is 5.31. The number of amides is 1. The Bertz CT molecular complexity index is 591. The van der Waals surface area contributed by atoms with Crippen LogP contribution >= 0.6 is 0 Å². The molecule has 1 aromatic heterocycles. The van der Waals surface area contributed by atoms with Crippen molar-refractivity contribution in [3.63, 3.8) is 0 Å². The van der Waals surface area contributed by atoms with E-state index in [2.05, 4.69) is 9.88 Å². The second-order valence-electron chi connectivity index (χ2n) is 5.47. The lowest BCUT2D eigenvalue weighted by atomic mass is 10.1. The minimum atomic E-state index is -0.592. The number of nitro groups is 1. The Morgan fingerprint density at radius 2 is 2.24 bits per heavy atom. The van der Waals surface area contributed by atoms with Crippen molar-refractivity contribution in [2.24, 2.45) is 0 Å². The first-order valence-electron chi connectivity index (χ1n) is 6.99. The van der Waals surface area contributed by atoms with Crippen LogP contribution in [0.3, 0.4) is 0 Å². The van der Waals surface area contributed by atoms with Crippen LogP contribution in [0.2, 0.25) is 0 Å². The van der Waals surface area contributed by atoms with Gasteiger partial charge in [-0.15, -0.1) is 0 Å². The smallest absolute Gasteiger partial charge is 0.300 e. The molecule has 3 rings (SSSR count). The van der Waals surface area contributed by atoms with Gasteiger partial charge in [-0.2, -0.15) is 0 Å². The molecule has 2 aliphatic heterocycles. The van der Waals surface area contributed by atoms with Gasteiger partial charge < -0.3 is 10.6 Å². The summed E-state index contributed by atoms with van der Waals surface area (Å²) in [5.74, 6) is -0.217. The van der Waals surface area contributed by atoms with Crippen LogP contribution in [0.5, 0.6) is 0 Å². The van der Waals surface area contributed by atoms with Gasteiger partial charge in [-0.1, -0.05) is 0 Å². The van der Waals surface area contributed by atoms with E-state index in [1.54, 1.807) is 4.90 Å². The topological polar surface area (TPSA) is 106 Å².